The van der Waals surface area contributed by atoms with Crippen LogP contribution in [0.2, 0.25) is 0 Å². The normalized spacial score (nSPS) is 18.6. The Hall–Kier alpha value is -0.910. The van der Waals surface area contributed by atoms with E-state index in [9.17, 15) is 9.90 Å². The first-order valence-electron chi connectivity index (χ1n) is 6.14. The fourth-order valence-electron chi connectivity index (χ4n) is 2.07. The number of aliphatic hydroxyl groups excluding tert-OH is 1. The van der Waals surface area contributed by atoms with Crippen LogP contribution in [0.5, 0.6) is 0 Å². The molecule has 0 saturated carbocycles. The Morgan fingerprint density at radius 3 is 2.67 bits per heavy atom. The second kappa shape index (κ2) is 5.38. The Bertz CT molecular complexity index is 416. The van der Waals surface area contributed by atoms with Crippen LogP contribution in [0, 0.1) is 13.8 Å². The number of nitrogens with one attached hydrogen (secondary N) is 1. The van der Waals surface area contributed by atoms with Gasteiger partial charge in [-0.15, -0.1) is 11.3 Å². The summed E-state index contributed by atoms with van der Waals surface area (Å²) in [6, 6.07) is 1.90. The maximum atomic E-state index is 12.2. The van der Waals surface area contributed by atoms with E-state index >= 15 is 0 Å². The number of aryl methyl sites for hydroxylation is 2. The van der Waals surface area contributed by atoms with Gasteiger partial charge in [-0.2, -0.15) is 0 Å². The second-order valence-corrected chi connectivity index (χ2v) is 6.11. The van der Waals surface area contributed by atoms with Gasteiger partial charge in [-0.25, -0.2) is 0 Å². The Kier molecular flexibility index (Phi) is 4.04. The summed E-state index contributed by atoms with van der Waals surface area (Å²) >= 11 is 1.50. The number of ether oxygens (including phenoxy) is 1. The van der Waals surface area contributed by atoms with Crippen molar-refractivity contribution in [2.24, 2.45) is 0 Å². The van der Waals surface area contributed by atoms with Crippen molar-refractivity contribution < 1.29 is 14.6 Å². The predicted octanol–water partition coefficient (Wildman–Crippen LogP) is 1.64. The predicted molar refractivity (Wildman–Crippen MR) is 71.1 cm³/mol. The zero-order valence-corrected chi connectivity index (χ0v) is 11.6. The highest BCUT2D eigenvalue weighted by Gasteiger charge is 2.34. The van der Waals surface area contributed by atoms with Gasteiger partial charge >= 0.3 is 0 Å². The molecule has 5 heteroatoms. The molecule has 100 valence electrons. The minimum atomic E-state index is -0.513. The first kappa shape index (κ1) is 13.5. The molecule has 2 N–H and O–H groups in total. The average Bonchev–Trinajstić information content (AvgIpc) is 2.71. The SMILES string of the molecule is Cc1cc(C(=O)NC2(CO)CCOCC2)sc1C. The van der Waals surface area contributed by atoms with E-state index in [2.05, 4.69) is 5.32 Å². The topological polar surface area (TPSA) is 58.6 Å². The standard InChI is InChI=1S/C13H19NO3S/c1-9-7-11(18-10(9)2)12(16)14-13(8-15)3-5-17-6-4-13/h7,15H,3-6,8H2,1-2H3,(H,14,16). The molecule has 1 aliphatic heterocycles. The van der Waals surface area contributed by atoms with Crippen LogP contribution >= 0.6 is 11.3 Å². The Labute approximate surface area is 111 Å². The van der Waals surface area contributed by atoms with Gasteiger partial charge in [0.15, 0.2) is 0 Å². The van der Waals surface area contributed by atoms with Crippen molar-refractivity contribution in [3.63, 3.8) is 0 Å². The van der Waals surface area contributed by atoms with Gasteiger partial charge in [-0.1, -0.05) is 0 Å². The van der Waals surface area contributed by atoms with Gasteiger partial charge in [0.1, 0.15) is 0 Å². The third-order valence-corrected chi connectivity index (χ3v) is 4.67. The van der Waals surface area contributed by atoms with Gasteiger partial charge < -0.3 is 15.2 Å². The van der Waals surface area contributed by atoms with Crippen molar-refractivity contribution in [2.75, 3.05) is 19.8 Å². The summed E-state index contributed by atoms with van der Waals surface area (Å²) in [7, 11) is 0. The highest BCUT2D eigenvalue weighted by Crippen LogP contribution is 2.24. The van der Waals surface area contributed by atoms with E-state index in [0.29, 0.717) is 30.9 Å². The monoisotopic (exact) mass is 269 g/mol. The molecule has 0 unspecified atom stereocenters. The lowest BCUT2D eigenvalue weighted by atomic mass is 9.91. The van der Waals surface area contributed by atoms with E-state index < -0.39 is 5.54 Å². The van der Waals surface area contributed by atoms with Crippen LogP contribution in [0.15, 0.2) is 6.07 Å². The van der Waals surface area contributed by atoms with Crippen molar-refractivity contribution in [3.05, 3.63) is 21.4 Å². The van der Waals surface area contributed by atoms with E-state index in [0.717, 1.165) is 10.4 Å². The largest absolute Gasteiger partial charge is 0.394 e. The van der Waals surface area contributed by atoms with Crippen LogP contribution in [-0.4, -0.2) is 36.4 Å². The van der Waals surface area contributed by atoms with Gasteiger partial charge in [-0.3, -0.25) is 4.79 Å². The highest BCUT2D eigenvalue weighted by atomic mass is 32.1. The number of hydrogen-bond acceptors (Lipinski definition) is 4. The summed E-state index contributed by atoms with van der Waals surface area (Å²) in [4.78, 5) is 14.1. The van der Waals surface area contributed by atoms with Crippen molar-refractivity contribution in [1.29, 1.82) is 0 Å². The lowest BCUT2D eigenvalue weighted by Crippen LogP contribution is -2.54. The Morgan fingerprint density at radius 2 is 2.17 bits per heavy atom. The summed E-state index contributed by atoms with van der Waals surface area (Å²) < 4.78 is 5.28. The van der Waals surface area contributed by atoms with Gasteiger partial charge in [0.05, 0.1) is 17.0 Å². The number of thiophene rings is 1. The smallest absolute Gasteiger partial charge is 0.261 e. The van der Waals surface area contributed by atoms with Crippen LogP contribution in [0.1, 0.15) is 33.0 Å². The van der Waals surface area contributed by atoms with Crippen molar-refractivity contribution in [3.8, 4) is 0 Å². The summed E-state index contributed by atoms with van der Waals surface area (Å²) in [5.74, 6) is -0.0906. The molecular formula is C13H19NO3S. The molecule has 1 aromatic heterocycles. The van der Waals surface area contributed by atoms with Gasteiger partial charge in [0.2, 0.25) is 0 Å². The summed E-state index contributed by atoms with van der Waals surface area (Å²) in [6.45, 7) is 5.14. The minimum Gasteiger partial charge on any atom is -0.394 e. The lowest BCUT2D eigenvalue weighted by molar-refractivity contribution is 0.0126. The van der Waals surface area contributed by atoms with Crippen LogP contribution in [-0.2, 0) is 4.74 Å². The fraction of sp³-hybridized carbons (Fsp3) is 0.615. The van der Waals surface area contributed by atoms with Crippen molar-refractivity contribution in [1.82, 2.24) is 5.32 Å². The fourth-order valence-corrected chi connectivity index (χ4v) is 3.00. The van der Waals surface area contributed by atoms with E-state index in [1.54, 1.807) is 0 Å². The molecule has 2 rings (SSSR count). The Balaban J connectivity index is 2.09. The molecule has 1 fully saturated rings. The number of rotatable bonds is 3. The number of aliphatic hydroxyl groups is 1. The van der Waals surface area contributed by atoms with Crippen LogP contribution < -0.4 is 5.32 Å². The van der Waals surface area contributed by atoms with Crippen LogP contribution in [0.4, 0.5) is 0 Å². The first-order chi connectivity index (χ1) is 8.56. The molecule has 0 aliphatic carbocycles. The van der Waals surface area contributed by atoms with Gasteiger partial charge in [0, 0.05) is 18.1 Å². The van der Waals surface area contributed by atoms with E-state index in [-0.39, 0.29) is 12.5 Å². The molecule has 2 heterocycles. The lowest BCUT2D eigenvalue weighted by Gasteiger charge is -2.36. The van der Waals surface area contributed by atoms with Crippen LogP contribution in [0.3, 0.4) is 0 Å². The molecule has 1 aromatic rings. The molecule has 1 amide bonds. The van der Waals surface area contributed by atoms with E-state index in [1.807, 2.05) is 19.9 Å². The van der Waals surface area contributed by atoms with Crippen molar-refractivity contribution >= 4 is 17.2 Å². The Morgan fingerprint density at radius 1 is 1.50 bits per heavy atom. The summed E-state index contributed by atoms with van der Waals surface area (Å²) in [5, 5.41) is 12.5. The molecule has 0 radical (unpaired) electrons. The number of hydrogen-bond donors (Lipinski definition) is 2. The molecule has 4 nitrogen and oxygen atoms in total. The molecular weight excluding hydrogens is 250 g/mol. The van der Waals surface area contributed by atoms with E-state index in [1.165, 1.54) is 11.3 Å². The van der Waals surface area contributed by atoms with Gasteiger partial charge in [-0.05, 0) is 38.3 Å². The van der Waals surface area contributed by atoms with Crippen molar-refractivity contribution in [2.45, 2.75) is 32.2 Å². The third kappa shape index (κ3) is 2.74. The zero-order chi connectivity index (χ0) is 13.2. The van der Waals surface area contributed by atoms with E-state index in [4.69, 9.17) is 4.74 Å². The maximum absolute atomic E-state index is 12.2. The molecule has 18 heavy (non-hydrogen) atoms. The highest BCUT2D eigenvalue weighted by molar-refractivity contribution is 7.14. The maximum Gasteiger partial charge on any atom is 0.261 e. The second-order valence-electron chi connectivity index (χ2n) is 4.85. The number of carbonyl (C=O) groups is 1. The minimum absolute atomic E-state index is 0.0363. The number of carbonyl (C=O) groups excluding carboxylic acids is 1. The first-order valence-corrected chi connectivity index (χ1v) is 6.96. The molecule has 0 spiro atoms. The molecule has 0 aromatic carbocycles. The third-order valence-electron chi connectivity index (χ3n) is 3.52. The molecule has 0 bridgehead atoms. The molecule has 1 aliphatic rings. The van der Waals surface area contributed by atoms with Crippen LogP contribution in [0.25, 0.3) is 0 Å². The quantitative estimate of drug-likeness (QED) is 0.877. The number of amides is 1. The molecule has 1 saturated heterocycles. The van der Waals surface area contributed by atoms with Gasteiger partial charge in [0.25, 0.3) is 5.91 Å². The average molecular weight is 269 g/mol. The summed E-state index contributed by atoms with van der Waals surface area (Å²) in [6.07, 6.45) is 1.33. The zero-order valence-electron chi connectivity index (χ0n) is 10.8. The molecule has 0 atom stereocenters. The summed E-state index contributed by atoms with van der Waals surface area (Å²) in [5.41, 5.74) is 0.622.